The molecule has 1 aromatic carbocycles. The number of hydrogen-bond acceptors (Lipinski definition) is 2. The molecular weight excluding hydrogens is 250 g/mol. The Labute approximate surface area is 121 Å². The maximum atomic E-state index is 11.7. The van der Waals surface area contributed by atoms with Crippen LogP contribution in [0.4, 0.5) is 0 Å². The molecule has 0 radical (unpaired) electrons. The lowest BCUT2D eigenvalue weighted by molar-refractivity contribution is -0.153. The van der Waals surface area contributed by atoms with Crippen LogP contribution in [0.2, 0.25) is 0 Å². The van der Waals surface area contributed by atoms with Crippen LogP contribution in [0.15, 0.2) is 24.3 Å². The second-order valence-electron chi connectivity index (χ2n) is 6.14. The van der Waals surface area contributed by atoms with Gasteiger partial charge in [-0.15, -0.1) is 0 Å². The highest BCUT2D eigenvalue weighted by Crippen LogP contribution is 2.35. The van der Waals surface area contributed by atoms with Gasteiger partial charge in [-0.25, -0.2) is 0 Å². The fraction of sp³-hybridized carbons (Fsp3) is 0.588. The van der Waals surface area contributed by atoms with Gasteiger partial charge in [0.1, 0.15) is 0 Å². The highest BCUT2D eigenvalue weighted by Gasteiger charge is 2.41. The summed E-state index contributed by atoms with van der Waals surface area (Å²) < 4.78 is 0. The first-order valence-electron chi connectivity index (χ1n) is 7.57. The van der Waals surface area contributed by atoms with Gasteiger partial charge in [0.25, 0.3) is 0 Å². The van der Waals surface area contributed by atoms with Crippen LogP contribution in [0.1, 0.15) is 43.7 Å². The van der Waals surface area contributed by atoms with E-state index in [4.69, 9.17) is 0 Å². The standard InChI is InChI=1S/C17H25NO2/c1-3-8-17(16(19)20)9-5-10-18(13-17)12-15-7-4-6-14(2)11-15/h4,6-7,11H,3,5,8-10,12-13H2,1-2H3,(H,19,20). The first-order valence-corrected chi connectivity index (χ1v) is 7.57. The smallest absolute Gasteiger partial charge is 0.310 e. The molecule has 20 heavy (non-hydrogen) atoms. The molecule has 0 amide bonds. The van der Waals surface area contributed by atoms with Gasteiger partial charge in [0.15, 0.2) is 0 Å². The van der Waals surface area contributed by atoms with E-state index in [0.717, 1.165) is 38.8 Å². The second-order valence-corrected chi connectivity index (χ2v) is 6.14. The molecule has 0 aromatic heterocycles. The average Bonchev–Trinajstić information content (AvgIpc) is 2.39. The second kappa shape index (κ2) is 6.40. The number of aryl methyl sites for hydroxylation is 1. The number of rotatable bonds is 5. The Morgan fingerprint density at radius 1 is 1.45 bits per heavy atom. The quantitative estimate of drug-likeness (QED) is 0.894. The zero-order chi connectivity index (χ0) is 14.6. The van der Waals surface area contributed by atoms with Gasteiger partial charge in [0, 0.05) is 13.1 Å². The summed E-state index contributed by atoms with van der Waals surface area (Å²) in [4.78, 5) is 14.0. The summed E-state index contributed by atoms with van der Waals surface area (Å²) in [5.41, 5.74) is 2.01. The molecule has 3 nitrogen and oxygen atoms in total. The van der Waals surface area contributed by atoms with Gasteiger partial charge in [0.2, 0.25) is 0 Å². The lowest BCUT2D eigenvalue weighted by atomic mass is 9.76. The van der Waals surface area contributed by atoms with Crippen LogP contribution in [0, 0.1) is 12.3 Å². The van der Waals surface area contributed by atoms with Crippen molar-refractivity contribution in [2.24, 2.45) is 5.41 Å². The Balaban J connectivity index is 2.08. The third-order valence-electron chi connectivity index (χ3n) is 4.33. The number of carbonyl (C=O) groups is 1. The molecule has 0 bridgehead atoms. The Morgan fingerprint density at radius 3 is 2.90 bits per heavy atom. The van der Waals surface area contributed by atoms with E-state index >= 15 is 0 Å². The minimum atomic E-state index is -0.617. The lowest BCUT2D eigenvalue weighted by Crippen LogP contribution is -2.47. The predicted molar refractivity (Wildman–Crippen MR) is 80.7 cm³/mol. The SMILES string of the molecule is CCCC1(C(=O)O)CCCN(Cc2cccc(C)c2)C1. The van der Waals surface area contributed by atoms with E-state index in [1.54, 1.807) is 0 Å². The summed E-state index contributed by atoms with van der Waals surface area (Å²) in [6.07, 6.45) is 3.52. The number of benzene rings is 1. The predicted octanol–water partition coefficient (Wildman–Crippen LogP) is 3.46. The van der Waals surface area contributed by atoms with E-state index in [-0.39, 0.29) is 0 Å². The zero-order valence-electron chi connectivity index (χ0n) is 12.6. The van der Waals surface area contributed by atoms with Crippen molar-refractivity contribution in [1.82, 2.24) is 4.90 Å². The molecule has 1 N–H and O–H groups in total. The van der Waals surface area contributed by atoms with Crippen molar-refractivity contribution in [3.8, 4) is 0 Å². The van der Waals surface area contributed by atoms with Crippen molar-refractivity contribution < 1.29 is 9.90 Å². The van der Waals surface area contributed by atoms with Gasteiger partial charge in [0.05, 0.1) is 5.41 Å². The molecule has 0 saturated carbocycles. The van der Waals surface area contributed by atoms with Crippen LogP contribution in [0.3, 0.4) is 0 Å². The molecule has 1 heterocycles. The van der Waals surface area contributed by atoms with Gasteiger partial charge in [-0.05, 0) is 38.3 Å². The van der Waals surface area contributed by atoms with Crippen LogP contribution in [0.25, 0.3) is 0 Å². The molecule has 2 rings (SSSR count). The number of carboxylic acids is 1. The molecular formula is C17H25NO2. The van der Waals surface area contributed by atoms with Crippen molar-refractivity contribution in [1.29, 1.82) is 0 Å². The van der Waals surface area contributed by atoms with Crippen LogP contribution in [-0.4, -0.2) is 29.1 Å². The molecule has 0 spiro atoms. The van der Waals surface area contributed by atoms with E-state index in [0.29, 0.717) is 6.54 Å². The molecule has 1 saturated heterocycles. The molecule has 0 aliphatic carbocycles. The van der Waals surface area contributed by atoms with Crippen LogP contribution >= 0.6 is 0 Å². The summed E-state index contributed by atoms with van der Waals surface area (Å²) in [6, 6.07) is 8.49. The largest absolute Gasteiger partial charge is 0.481 e. The molecule has 1 aliphatic heterocycles. The summed E-state index contributed by atoms with van der Waals surface area (Å²) in [7, 11) is 0. The third-order valence-corrected chi connectivity index (χ3v) is 4.33. The maximum Gasteiger partial charge on any atom is 0.310 e. The minimum absolute atomic E-state index is 0.531. The zero-order valence-corrected chi connectivity index (χ0v) is 12.6. The van der Waals surface area contributed by atoms with Gasteiger partial charge >= 0.3 is 5.97 Å². The fourth-order valence-corrected chi connectivity index (χ4v) is 3.39. The maximum absolute atomic E-state index is 11.7. The fourth-order valence-electron chi connectivity index (χ4n) is 3.39. The number of carboxylic acid groups (broad SMARTS) is 1. The Kier molecular flexibility index (Phi) is 4.81. The van der Waals surface area contributed by atoms with Crippen molar-refractivity contribution in [2.45, 2.75) is 46.1 Å². The van der Waals surface area contributed by atoms with Crippen molar-refractivity contribution in [3.05, 3.63) is 35.4 Å². The monoisotopic (exact) mass is 275 g/mol. The van der Waals surface area contributed by atoms with Gasteiger partial charge < -0.3 is 5.11 Å². The summed E-state index contributed by atoms with van der Waals surface area (Å²) in [6.45, 7) is 6.72. The van der Waals surface area contributed by atoms with E-state index in [1.165, 1.54) is 11.1 Å². The Hall–Kier alpha value is -1.35. The van der Waals surface area contributed by atoms with Crippen molar-refractivity contribution >= 4 is 5.97 Å². The highest BCUT2D eigenvalue weighted by atomic mass is 16.4. The van der Waals surface area contributed by atoms with E-state index in [9.17, 15) is 9.90 Å². The number of nitrogens with zero attached hydrogens (tertiary/aromatic N) is 1. The highest BCUT2D eigenvalue weighted by molar-refractivity contribution is 5.75. The Morgan fingerprint density at radius 2 is 2.25 bits per heavy atom. The molecule has 1 atom stereocenters. The lowest BCUT2D eigenvalue weighted by Gasteiger charge is -2.40. The van der Waals surface area contributed by atoms with E-state index < -0.39 is 11.4 Å². The van der Waals surface area contributed by atoms with E-state index in [2.05, 4.69) is 43.0 Å². The minimum Gasteiger partial charge on any atom is -0.481 e. The summed E-state index contributed by atoms with van der Waals surface area (Å²) in [5, 5.41) is 9.62. The number of piperidine rings is 1. The topological polar surface area (TPSA) is 40.5 Å². The molecule has 110 valence electrons. The molecule has 1 aromatic rings. The molecule has 1 aliphatic rings. The van der Waals surface area contributed by atoms with Crippen LogP contribution in [-0.2, 0) is 11.3 Å². The van der Waals surface area contributed by atoms with Crippen molar-refractivity contribution in [2.75, 3.05) is 13.1 Å². The molecule has 1 unspecified atom stereocenters. The average molecular weight is 275 g/mol. The summed E-state index contributed by atoms with van der Waals surface area (Å²) in [5.74, 6) is -0.617. The van der Waals surface area contributed by atoms with Crippen LogP contribution in [0.5, 0.6) is 0 Å². The first-order chi connectivity index (χ1) is 9.55. The van der Waals surface area contributed by atoms with Gasteiger partial charge in [-0.2, -0.15) is 0 Å². The first kappa shape index (κ1) is 15.0. The normalized spacial score (nSPS) is 23.7. The third kappa shape index (κ3) is 3.40. The van der Waals surface area contributed by atoms with E-state index in [1.807, 2.05) is 0 Å². The van der Waals surface area contributed by atoms with Crippen LogP contribution < -0.4 is 0 Å². The number of hydrogen-bond donors (Lipinski definition) is 1. The molecule has 3 heteroatoms. The number of likely N-dealkylation sites (tertiary alicyclic amines) is 1. The van der Waals surface area contributed by atoms with Crippen molar-refractivity contribution in [3.63, 3.8) is 0 Å². The van der Waals surface area contributed by atoms with Gasteiger partial charge in [-0.3, -0.25) is 9.69 Å². The number of aliphatic carboxylic acids is 1. The Bertz CT molecular complexity index is 468. The summed E-state index contributed by atoms with van der Waals surface area (Å²) >= 11 is 0. The molecule has 1 fully saturated rings. The van der Waals surface area contributed by atoms with Gasteiger partial charge in [-0.1, -0.05) is 43.2 Å².